The lowest BCUT2D eigenvalue weighted by Gasteiger charge is -2.16. The number of hydrogen-bond donors (Lipinski definition) is 1. The minimum Gasteiger partial charge on any atom is -0.489 e. The van der Waals surface area contributed by atoms with E-state index in [0.29, 0.717) is 29.7 Å². The minimum absolute atomic E-state index is 0.0941. The summed E-state index contributed by atoms with van der Waals surface area (Å²) < 4.78 is 13.0. The molecular formula is C21H21ClN4O3. The van der Waals surface area contributed by atoms with E-state index in [1.807, 2.05) is 37.3 Å². The van der Waals surface area contributed by atoms with Crippen LogP contribution >= 0.6 is 11.6 Å². The van der Waals surface area contributed by atoms with Crippen molar-refractivity contribution in [1.29, 1.82) is 0 Å². The van der Waals surface area contributed by atoms with Crippen molar-refractivity contribution < 1.29 is 14.3 Å². The van der Waals surface area contributed by atoms with E-state index in [2.05, 4.69) is 15.4 Å². The van der Waals surface area contributed by atoms with Gasteiger partial charge in [-0.2, -0.15) is 5.10 Å². The van der Waals surface area contributed by atoms with Crippen LogP contribution in [0.5, 0.6) is 11.5 Å². The summed E-state index contributed by atoms with van der Waals surface area (Å²) in [7, 11) is 0. The molecule has 0 saturated carbocycles. The summed E-state index contributed by atoms with van der Waals surface area (Å²) in [5.74, 6) is 1.05. The van der Waals surface area contributed by atoms with E-state index in [0.717, 1.165) is 23.2 Å². The maximum Gasteiger partial charge on any atom is 0.224 e. The molecule has 150 valence electrons. The molecule has 7 nitrogen and oxygen atoms in total. The average molecular weight is 413 g/mol. The number of aromatic nitrogens is 3. The van der Waals surface area contributed by atoms with Crippen molar-refractivity contribution in [2.75, 3.05) is 13.2 Å². The number of nitrogens with one attached hydrogen (secondary N) is 1. The van der Waals surface area contributed by atoms with E-state index in [1.54, 1.807) is 17.1 Å². The zero-order chi connectivity index (χ0) is 20.2. The van der Waals surface area contributed by atoms with Crippen LogP contribution in [-0.2, 0) is 11.2 Å². The van der Waals surface area contributed by atoms with Crippen molar-refractivity contribution in [3.05, 3.63) is 65.2 Å². The Kier molecular flexibility index (Phi) is 5.67. The zero-order valence-electron chi connectivity index (χ0n) is 16.0. The summed E-state index contributed by atoms with van der Waals surface area (Å²) in [4.78, 5) is 16.5. The molecule has 2 heterocycles. The average Bonchev–Trinajstić information content (AvgIpc) is 3.14. The van der Waals surface area contributed by atoms with Gasteiger partial charge in [-0.3, -0.25) is 4.79 Å². The van der Waals surface area contributed by atoms with Crippen LogP contribution in [0.4, 0.5) is 0 Å². The summed E-state index contributed by atoms with van der Waals surface area (Å²) in [6, 6.07) is 11.3. The second-order valence-electron chi connectivity index (χ2n) is 6.85. The number of benzene rings is 2. The molecule has 1 N–H and O–H groups in total. The van der Waals surface area contributed by atoms with E-state index >= 15 is 0 Å². The van der Waals surface area contributed by atoms with Gasteiger partial charge < -0.3 is 14.8 Å². The van der Waals surface area contributed by atoms with Gasteiger partial charge in [-0.15, -0.1) is 0 Å². The van der Waals surface area contributed by atoms with E-state index in [4.69, 9.17) is 21.1 Å². The summed E-state index contributed by atoms with van der Waals surface area (Å²) in [5, 5.41) is 7.59. The third-order valence-corrected chi connectivity index (χ3v) is 4.96. The van der Waals surface area contributed by atoms with Crippen LogP contribution in [0.3, 0.4) is 0 Å². The van der Waals surface area contributed by atoms with E-state index in [1.165, 1.54) is 6.33 Å². The van der Waals surface area contributed by atoms with Gasteiger partial charge in [0.25, 0.3) is 0 Å². The fourth-order valence-corrected chi connectivity index (χ4v) is 3.49. The van der Waals surface area contributed by atoms with Crippen LogP contribution in [0.1, 0.15) is 30.5 Å². The number of rotatable bonds is 5. The number of hydrogen-bond acceptors (Lipinski definition) is 5. The van der Waals surface area contributed by atoms with E-state index in [9.17, 15) is 4.79 Å². The molecule has 4 rings (SSSR count). The van der Waals surface area contributed by atoms with E-state index < -0.39 is 0 Å². The highest BCUT2D eigenvalue weighted by atomic mass is 35.5. The van der Waals surface area contributed by atoms with Gasteiger partial charge in [0.2, 0.25) is 5.91 Å². The van der Waals surface area contributed by atoms with Crippen molar-refractivity contribution in [2.45, 2.75) is 25.8 Å². The van der Waals surface area contributed by atoms with Gasteiger partial charge in [0.05, 0.1) is 36.4 Å². The topological polar surface area (TPSA) is 78.3 Å². The number of fused-ring (bicyclic) bond motifs is 1. The summed E-state index contributed by atoms with van der Waals surface area (Å²) >= 11 is 6.31. The highest BCUT2D eigenvalue weighted by Gasteiger charge is 2.17. The number of nitrogens with zero attached hydrogens (tertiary/aromatic N) is 3. The molecule has 8 heteroatoms. The predicted octanol–water partition coefficient (Wildman–Crippen LogP) is 3.50. The standard InChI is InChI=1S/C21H21ClN4O3/c1-14(16-3-5-17(6-4-16)26-13-23-12-24-26)25-20(27)11-15-9-18(22)21-19(10-15)28-7-2-8-29-21/h3-6,9-10,12-14H,2,7-8,11H2,1H3,(H,25,27). The lowest BCUT2D eigenvalue weighted by atomic mass is 10.1. The van der Waals surface area contributed by atoms with Crippen LogP contribution < -0.4 is 14.8 Å². The molecule has 0 aliphatic carbocycles. The van der Waals surface area contributed by atoms with Crippen LogP contribution in [0, 0.1) is 0 Å². The Morgan fingerprint density at radius 1 is 1.24 bits per heavy atom. The third kappa shape index (κ3) is 4.51. The zero-order valence-corrected chi connectivity index (χ0v) is 16.7. The number of carbonyl (C=O) groups excluding carboxylic acids is 1. The van der Waals surface area contributed by atoms with Crippen LogP contribution in [0.25, 0.3) is 5.69 Å². The minimum atomic E-state index is -0.136. The second kappa shape index (κ2) is 8.53. The largest absolute Gasteiger partial charge is 0.489 e. The van der Waals surface area contributed by atoms with Crippen molar-refractivity contribution in [1.82, 2.24) is 20.1 Å². The smallest absolute Gasteiger partial charge is 0.224 e. The quantitative estimate of drug-likeness (QED) is 0.693. The normalized spacial score (nSPS) is 14.1. The van der Waals surface area contributed by atoms with Gasteiger partial charge in [-0.25, -0.2) is 9.67 Å². The Labute approximate surface area is 173 Å². The Balaban J connectivity index is 1.40. The maximum absolute atomic E-state index is 12.5. The first-order valence-corrected chi connectivity index (χ1v) is 9.80. The second-order valence-corrected chi connectivity index (χ2v) is 7.26. The number of halogens is 1. The van der Waals surface area contributed by atoms with Crippen LogP contribution in [-0.4, -0.2) is 33.9 Å². The molecule has 1 aromatic heterocycles. The number of ether oxygens (including phenoxy) is 2. The Morgan fingerprint density at radius 2 is 2.03 bits per heavy atom. The van der Waals surface area contributed by atoms with Gasteiger partial charge in [-0.05, 0) is 42.3 Å². The molecule has 1 amide bonds. The first kappa shape index (κ1) is 19.3. The van der Waals surface area contributed by atoms with Gasteiger partial charge in [0, 0.05) is 6.42 Å². The molecule has 1 aliphatic heterocycles. The fourth-order valence-electron chi connectivity index (χ4n) is 3.20. The summed E-state index contributed by atoms with van der Waals surface area (Å²) in [6.07, 6.45) is 4.13. The predicted molar refractivity (Wildman–Crippen MR) is 109 cm³/mol. The molecular weight excluding hydrogens is 392 g/mol. The fraction of sp³-hybridized carbons (Fsp3) is 0.286. The van der Waals surface area contributed by atoms with Crippen LogP contribution in [0.2, 0.25) is 5.02 Å². The molecule has 1 aliphatic rings. The molecule has 0 fully saturated rings. The lowest BCUT2D eigenvalue weighted by Crippen LogP contribution is -2.28. The molecule has 0 spiro atoms. The van der Waals surface area contributed by atoms with Gasteiger partial charge in [-0.1, -0.05) is 23.7 Å². The molecule has 1 unspecified atom stereocenters. The highest BCUT2D eigenvalue weighted by molar-refractivity contribution is 6.32. The van der Waals surface area contributed by atoms with Crippen molar-refractivity contribution in [3.63, 3.8) is 0 Å². The van der Waals surface area contributed by atoms with Gasteiger partial charge in [0.15, 0.2) is 11.5 Å². The molecule has 0 bridgehead atoms. The lowest BCUT2D eigenvalue weighted by molar-refractivity contribution is -0.121. The molecule has 3 aromatic rings. The maximum atomic E-state index is 12.5. The summed E-state index contributed by atoms with van der Waals surface area (Å²) in [5.41, 5.74) is 2.69. The Morgan fingerprint density at radius 3 is 2.79 bits per heavy atom. The van der Waals surface area contributed by atoms with Crippen LogP contribution in [0.15, 0.2) is 49.1 Å². The molecule has 0 radical (unpaired) electrons. The molecule has 0 saturated heterocycles. The number of carbonyl (C=O) groups is 1. The third-order valence-electron chi connectivity index (χ3n) is 4.68. The van der Waals surface area contributed by atoms with Gasteiger partial charge >= 0.3 is 0 Å². The SMILES string of the molecule is CC(NC(=O)Cc1cc(Cl)c2c(c1)OCCCO2)c1ccc(-n2cncn2)cc1. The highest BCUT2D eigenvalue weighted by Crippen LogP contribution is 2.38. The Hall–Kier alpha value is -3.06. The van der Waals surface area contributed by atoms with Crippen molar-refractivity contribution in [2.24, 2.45) is 0 Å². The molecule has 29 heavy (non-hydrogen) atoms. The van der Waals surface area contributed by atoms with Gasteiger partial charge in [0.1, 0.15) is 12.7 Å². The van der Waals surface area contributed by atoms with Crippen molar-refractivity contribution >= 4 is 17.5 Å². The van der Waals surface area contributed by atoms with E-state index in [-0.39, 0.29) is 18.4 Å². The Bertz CT molecular complexity index is 990. The number of amides is 1. The first-order chi connectivity index (χ1) is 14.1. The molecule has 2 aromatic carbocycles. The first-order valence-electron chi connectivity index (χ1n) is 9.42. The monoisotopic (exact) mass is 412 g/mol. The van der Waals surface area contributed by atoms with Crippen molar-refractivity contribution in [3.8, 4) is 17.2 Å². The molecule has 1 atom stereocenters. The summed E-state index contributed by atoms with van der Waals surface area (Å²) in [6.45, 7) is 3.09.